The van der Waals surface area contributed by atoms with E-state index >= 15 is 0 Å². The van der Waals surface area contributed by atoms with Crippen LogP contribution in [0.1, 0.15) is 0 Å². The third kappa shape index (κ3) is 1.59. The van der Waals surface area contributed by atoms with Crippen molar-refractivity contribution in [3.8, 4) is 28.7 Å². The van der Waals surface area contributed by atoms with Crippen LogP contribution < -0.4 is 5.23 Å². The average molecular weight is 233 g/mol. The summed E-state index contributed by atoms with van der Waals surface area (Å²) in [6, 6.07) is 0. The summed E-state index contributed by atoms with van der Waals surface area (Å²) >= 11 is 0. The zero-order chi connectivity index (χ0) is 12.5. The molecule has 0 amide bonds. The third-order valence-electron chi connectivity index (χ3n) is 1.86. The molecule has 5 N–H and O–H groups in total. The summed E-state index contributed by atoms with van der Waals surface area (Å²) in [6.45, 7) is 0. The van der Waals surface area contributed by atoms with E-state index in [4.69, 9.17) is 5.11 Å². The van der Waals surface area contributed by atoms with Crippen LogP contribution in [-0.2, 0) is 9.68 Å². The highest BCUT2D eigenvalue weighted by molar-refractivity contribution is 5.78. The summed E-state index contributed by atoms with van der Waals surface area (Å²) in [5.41, 5.74) is -0.544. The van der Waals surface area contributed by atoms with Crippen molar-refractivity contribution in [1.82, 2.24) is 0 Å². The zero-order valence-electron chi connectivity index (χ0n) is 8.50. The normalized spacial score (nSPS) is 10.4. The van der Waals surface area contributed by atoms with E-state index in [0.717, 1.165) is 14.2 Å². The van der Waals surface area contributed by atoms with Crippen LogP contribution in [0.4, 0.5) is 5.69 Å². The van der Waals surface area contributed by atoms with Gasteiger partial charge in [0.1, 0.15) is 0 Å². The highest BCUT2D eigenvalue weighted by atomic mass is 16.9. The van der Waals surface area contributed by atoms with Gasteiger partial charge in [-0.1, -0.05) is 0 Å². The lowest BCUT2D eigenvalue weighted by Gasteiger charge is -2.21. The second kappa shape index (κ2) is 4.21. The molecule has 1 rings (SSSR count). The first kappa shape index (κ1) is 12.0. The molecule has 0 bridgehead atoms. The fourth-order valence-electron chi connectivity index (χ4n) is 1.10. The van der Waals surface area contributed by atoms with Gasteiger partial charge in [0.25, 0.3) is 0 Å². The Labute approximate surface area is 90.0 Å². The Bertz CT molecular complexity index is 373. The molecule has 0 radical (unpaired) electrons. The van der Waals surface area contributed by atoms with Crippen LogP contribution >= 0.6 is 0 Å². The molecular formula is C8H11NO7. The lowest BCUT2D eigenvalue weighted by Crippen LogP contribution is -2.20. The van der Waals surface area contributed by atoms with Gasteiger partial charge in [0.2, 0.25) is 17.2 Å². The van der Waals surface area contributed by atoms with Crippen molar-refractivity contribution < 1.29 is 35.2 Å². The monoisotopic (exact) mass is 233 g/mol. The van der Waals surface area contributed by atoms with Crippen molar-refractivity contribution in [1.29, 1.82) is 0 Å². The first-order valence-corrected chi connectivity index (χ1v) is 4.02. The number of anilines is 1. The number of phenolic OH excluding ortho intramolecular Hbond substituents is 5. The molecule has 1 aromatic carbocycles. The van der Waals surface area contributed by atoms with Crippen LogP contribution in [0.25, 0.3) is 0 Å². The van der Waals surface area contributed by atoms with E-state index in [2.05, 4.69) is 9.68 Å². The van der Waals surface area contributed by atoms with Crippen LogP contribution in [-0.4, -0.2) is 39.8 Å². The summed E-state index contributed by atoms with van der Waals surface area (Å²) in [5, 5.41) is 46.9. The second-order valence-electron chi connectivity index (χ2n) is 2.71. The van der Waals surface area contributed by atoms with Crippen LogP contribution in [0, 0.1) is 0 Å². The zero-order valence-corrected chi connectivity index (χ0v) is 8.50. The highest BCUT2D eigenvalue weighted by Gasteiger charge is 2.27. The molecule has 0 atom stereocenters. The molecule has 0 aliphatic rings. The molecule has 0 unspecified atom stereocenters. The van der Waals surface area contributed by atoms with Crippen LogP contribution in [0.3, 0.4) is 0 Å². The summed E-state index contributed by atoms with van der Waals surface area (Å²) in [4.78, 5) is 9.17. The molecule has 1 aromatic rings. The standard InChI is InChI=1S/C8H11NO7/c1-15-9(16-2)3-4(10)6(12)8(14)7(13)5(3)11/h10-14H,1-2H3. The van der Waals surface area contributed by atoms with Gasteiger partial charge >= 0.3 is 0 Å². The first-order chi connectivity index (χ1) is 7.45. The highest BCUT2D eigenvalue weighted by Crippen LogP contribution is 2.55. The number of rotatable bonds is 3. The molecule has 0 aliphatic heterocycles. The van der Waals surface area contributed by atoms with Gasteiger partial charge in [-0.15, -0.1) is 5.23 Å². The maximum Gasteiger partial charge on any atom is 0.208 e. The van der Waals surface area contributed by atoms with E-state index in [-0.39, 0.29) is 0 Å². The Balaban J connectivity index is 3.50. The van der Waals surface area contributed by atoms with Gasteiger partial charge < -0.3 is 25.5 Å². The van der Waals surface area contributed by atoms with E-state index < -0.39 is 34.4 Å². The second-order valence-corrected chi connectivity index (χ2v) is 2.71. The fraction of sp³-hybridized carbons (Fsp3) is 0.250. The predicted molar refractivity (Wildman–Crippen MR) is 51.3 cm³/mol. The quantitative estimate of drug-likeness (QED) is 0.284. The van der Waals surface area contributed by atoms with Crippen molar-refractivity contribution in [3.63, 3.8) is 0 Å². The van der Waals surface area contributed by atoms with E-state index in [1.165, 1.54) is 0 Å². The Morgan fingerprint density at radius 1 is 0.688 bits per heavy atom. The molecule has 0 fully saturated rings. The van der Waals surface area contributed by atoms with E-state index in [1.807, 2.05) is 0 Å². The summed E-state index contributed by atoms with van der Waals surface area (Å²) < 4.78 is 0. The molecule has 8 nitrogen and oxygen atoms in total. The molecule has 0 saturated heterocycles. The average Bonchev–Trinajstić information content (AvgIpc) is 2.29. The minimum Gasteiger partial charge on any atom is -0.503 e. The van der Waals surface area contributed by atoms with Crippen molar-refractivity contribution in [2.75, 3.05) is 19.4 Å². The number of hydrogen-bond acceptors (Lipinski definition) is 8. The summed E-state index contributed by atoms with van der Waals surface area (Å²) in [7, 11) is 2.31. The maximum absolute atomic E-state index is 9.43. The van der Waals surface area contributed by atoms with Crippen molar-refractivity contribution in [2.45, 2.75) is 0 Å². The van der Waals surface area contributed by atoms with E-state index in [0.29, 0.717) is 5.23 Å². The van der Waals surface area contributed by atoms with Crippen molar-refractivity contribution in [3.05, 3.63) is 0 Å². The maximum atomic E-state index is 9.43. The molecular weight excluding hydrogens is 222 g/mol. The van der Waals surface area contributed by atoms with Gasteiger partial charge in [-0.3, -0.25) is 9.68 Å². The molecule has 8 heteroatoms. The molecule has 16 heavy (non-hydrogen) atoms. The topological polar surface area (TPSA) is 123 Å². The number of phenols is 5. The molecule has 0 aliphatic carbocycles. The molecule has 0 aromatic heterocycles. The number of hydrogen-bond donors (Lipinski definition) is 5. The fourth-order valence-corrected chi connectivity index (χ4v) is 1.10. The van der Waals surface area contributed by atoms with Crippen molar-refractivity contribution >= 4 is 5.69 Å². The van der Waals surface area contributed by atoms with Gasteiger partial charge in [-0.05, 0) is 0 Å². The van der Waals surface area contributed by atoms with Gasteiger partial charge in [0.15, 0.2) is 17.2 Å². The molecule has 90 valence electrons. The Morgan fingerprint density at radius 3 is 1.31 bits per heavy atom. The first-order valence-electron chi connectivity index (χ1n) is 4.02. The number of nitrogens with zero attached hydrogens (tertiary/aromatic N) is 1. The predicted octanol–water partition coefficient (Wildman–Crippen LogP) is 0.144. The van der Waals surface area contributed by atoms with Gasteiger partial charge in [0, 0.05) is 0 Å². The number of aromatic hydroxyl groups is 5. The molecule has 0 spiro atoms. The Morgan fingerprint density at radius 2 is 1.00 bits per heavy atom. The van der Waals surface area contributed by atoms with Crippen molar-refractivity contribution in [2.24, 2.45) is 0 Å². The lowest BCUT2D eigenvalue weighted by molar-refractivity contribution is -0.0451. The van der Waals surface area contributed by atoms with Crippen LogP contribution in [0.15, 0.2) is 0 Å². The summed E-state index contributed by atoms with van der Waals surface area (Å²) in [5.74, 6) is -4.88. The SMILES string of the molecule is CON(OC)c1c(O)c(O)c(O)c(O)c1O. The third-order valence-corrected chi connectivity index (χ3v) is 1.86. The summed E-state index contributed by atoms with van der Waals surface area (Å²) in [6.07, 6.45) is 0. The minimum absolute atomic E-state index is 0.531. The lowest BCUT2D eigenvalue weighted by atomic mass is 10.2. The Kier molecular flexibility index (Phi) is 3.16. The van der Waals surface area contributed by atoms with Gasteiger partial charge in [-0.25, -0.2) is 0 Å². The smallest absolute Gasteiger partial charge is 0.208 e. The van der Waals surface area contributed by atoms with E-state index in [9.17, 15) is 20.4 Å². The van der Waals surface area contributed by atoms with Crippen LogP contribution in [0.2, 0.25) is 0 Å². The van der Waals surface area contributed by atoms with Crippen LogP contribution in [0.5, 0.6) is 28.7 Å². The Hall–Kier alpha value is -2.06. The largest absolute Gasteiger partial charge is 0.503 e. The minimum atomic E-state index is -1.05. The van der Waals surface area contributed by atoms with Gasteiger partial charge in [-0.2, -0.15) is 0 Å². The molecule has 0 saturated carbocycles. The number of benzene rings is 1. The van der Waals surface area contributed by atoms with Gasteiger partial charge in [0.05, 0.1) is 14.2 Å². The van der Waals surface area contributed by atoms with E-state index in [1.54, 1.807) is 0 Å². The molecule has 0 heterocycles.